The predicted octanol–water partition coefficient (Wildman–Crippen LogP) is 2.15. The van der Waals surface area contributed by atoms with E-state index in [1.54, 1.807) is 6.92 Å². The third kappa shape index (κ3) is 3.86. The van der Waals surface area contributed by atoms with Gasteiger partial charge in [0.05, 0.1) is 10.7 Å². The Morgan fingerprint density at radius 1 is 1.47 bits per heavy atom. The van der Waals surface area contributed by atoms with Crippen molar-refractivity contribution in [1.82, 2.24) is 5.32 Å². The van der Waals surface area contributed by atoms with Gasteiger partial charge in [0.2, 0.25) is 0 Å². The van der Waals surface area contributed by atoms with Crippen molar-refractivity contribution in [2.24, 2.45) is 5.92 Å². The van der Waals surface area contributed by atoms with E-state index in [2.05, 4.69) is 5.32 Å². The first kappa shape index (κ1) is 15.3. The molecule has 0 fully saturated rings. The van der Waals surface area contributed by atoms with Crippen molar-refractivity contribution in [1.29, 1.82) is 0 Å². The van der Waals surface area contributed by atoms with Gasteiger partial charge in [-0.2, -0.15) is 0 Å². The van der Waals surface area contributed by atoms with Gasteiger partial charge in [-0.25, -0.2) is 4.79 Å². The standard InChI is InChI=1S/C13H17ClN2O3/c1-3-7(2)11(13(18)19)16-12(17)8-4-5-10(15)9(14)6-8/h4-7,11H,3,15H2,1-2H3,(H,16,17)(H,18,19). The molecule has 6 heteroatoms. The van der Waals surface area contributed by atoms with Crippen LogP contribution in [-0.4, -0.2) is 23.0 Å². The minimum atomic E-state index is -1.05. The van der Waals surface area contributed by atoms with Crippen LogP contribution in [0.15, 0.2) is 18.2 Å². The number of benzene rings is 1. The van der Waals surface area contributed by atoms with E-state index in [-0.39, 0.29) is 16.5 Å². The summed E-state index contributed by atoms with van der Waals surface area (Å²) in [4.78, 5) is 23.1. The quantitative estimate of drug-likeness (QED) is 0.722. The molecule has 0 bridgehead atoms. The van der Waals surface area contributed by atoms with Crippen LogP contribution in [0.2, 0.25) is 5.02 Å². The van der Waals surface area contributed by atoms with Gasteiger partial charge in [0.1, 0.15) is 6.04 Å². The van der Waals surface area contributed by atoms with Gasteiger partial charge in [0.15, 0.2) is 0 Å². The SMILES string of the molecule is CCC(C)C(NC(=O)c1ccc(N)c(Cl)c1)C(=O)O. The molecular formula is C13H17ClN2O3. The minimum Gasteiger partial charge on any atom is -0.480 e. The summed E-state index contributed by atoms with van der Waals surface area (Å²) in [7, 11) is 0. The van der Waals surface area contributed by atoms with Gasteiger partial charge >= 0.3 is 5.97 Å². The molecule has 5 nitrogen and oxygen atoms in total. The van der Waals surface area contributed by atoms with Crippen LogP contribution in [0.3, 0.4) is 0 Å². The van der Waals surface area contributed by atoms with E-state index in [9.17, 15) is 9.59 Å². The maximum atomic E-state index is 12.0. The number of carboxylic acids is 1. The molecule has 0 saturated carbocycles. The number of nitrogens with one attached hydrogen (secondary N) is 1. The Bertz CT molecular complexity index is 491. The summed E-state index contributed by atoms with van der Waals surface area (Å²) in [6, 6.07) is 3.51. The molecule has 4 N–H and O–H groups in total. The molecule has 0 spiro atoms. The molecule has 0 radical (unpaired) electrons. The highest BCUT2D eigenvalue weighted by Gasteiger charge is 2.25. The Morgan fingerprint density at radius 3 is 2.58 bits per heavy atom. The van der Waals surface area contributed by atoms with Gasteiger partial charge < -0.3 is 16.2 Å². The Balaban J connectivity index is 2.87. The first-order valence-electron chi connectivity index (χ1n) is 5.95. The third-order valence-corrected chi connectivity index (χ3v) is 3.36. The van der Waals surface area contributed by atoms with Gasteiger partial charge in [-0.05, 0) is 24.1 Å². The second-order valence-corrected chi connectivity index (χ2v) is 4.82. The average molecular weight is 285 g/mol. The number of carbonyl (C=O) groups is 2. The van der Waals surface area contributed by atoms with E-state index >= 15 is 0 Å². The molecule has 0 aliphatic heterocycles. The number of hydrogen-bond donors (Lipinski definition) is 3. The molecule has 0 saturated heterocycles. The topological polar surface area (TPSA) is 92.4 Å². The van der Waals surface area contributed by atoms with Crippen LogP contribution in [0.25, 0.3) is 0 Å². The van der Waals surface area contributed by atoms with Crippen LogP contribution in [0, 0.1) is 5.92 Å². The van der Waals surface area contributed by atoms with Crippen LogP contribution >= 0.6 is 11.6 Å². The van der Waals surface area contributed by atoms with Crippen LogP contribution in [0.5, 0.6) is 0 Å². The van der Waals surface area contributed by atoms with Gasteiger partial charge in [0.25, 0.3) is 5.91 Å². The largest absolute Gasteiger partial charge is 0.480 e. The number of rotatable bonds is 5. The number of carboxylic acid groups (broad SMARTS) is 1. The monoisotopic (exact) mass is 284 g/mol. The lowest BCUT2D eigenvalue weighted by Gasteiger charge is -2.20. The van der Waals surface area contributed by atoms with E-state index in [1.165, 1.54) is 18.2 Å². The number of halogens is 1. The number of anilines is 1. The number of aliphatic carboxylic acids is 1. The molecule has 0 heterocycles. The number of amides is 1. The summed E-state index contributed by atoms with van der Waals surface area (Å²) in [5.74, 6) is -1.69. The zero-order chi connectivity index (χ0) is 14.6. The highest BCUT2D eigenvalue weighted by molar-refractivity contribution is 6.33. The van der Waals surface area contributed by atoms with Crippen LogP contribution in [0.1, 0.15) is 30.6 Å². The van der Waals surface area contributed by atoms with Crippen LogP contribution in [-0.2, 0) is 4.79 Å². The molecule has 1 rings (SSSR count). The van der Waals surface area contributed by atoms with Gasteiger partial charge in [-0.15, -0.1) is 0 Å². The van der Waals surface area contributed by atoms with Crippen LogP contribution in [0.4, 0.5) is 5.69 Å². The van der Waals surface area contributed by atoms with Crippen molar-refractivity contribution in [3.8, 4) is 0 Å². The smallest absolute Gasteiger partial charge is 0.326 e. The second-order valence-electron chi connectivity index (χ2n) is 4.41. The lowest BCUT2D eigenvalue weighted by atomic mass is 9.99. The molecule has 104 valence electrons. The molecule has 0 aromatic heterocycles. The van der Waals surface area contributed by atoms with Crippen molar-refractivity contribution in [2.75, 3.05) is 5.73 Å². The lowest BCUT2D eigenvalue weighted by molar-refractivity contribution is -0.140. The maximum Gasteiger partial charge on any atom is 0.326 e. The van der Waals surface area contributed by atoms with Gasteiger partial charge in [0, 0.05) is 5.56 Å². The molecule has 1 aromatic rings. The van der Waals surface area contributed by atoms with E-state index in [1.807, 2.05) is 6.92 Å². The normalized spacial score (nSPS) is 13.6. The van der Waals surface area contributed by atoms with E-state index in [4.69, 9.17) is 22.4 Å². The molecule has 19 heavy (non-hydrogen) atoms. The highest BCUT2D eigenvalue weighted by atomic mass is 35.5. The summed E-state index contributed by atoms with van der Waals surface area (Å²) < 4.78 is 0. The number of carbonyl (C=O) groups excluding carboxylic acids is 1. The van der Waals surface area contributed by atoms with Gasteiger partial charge in [-0.3, -0.25) is 4.79 Å². The second kappa shape index (κ2) is 6.43. The van der Waals surface area contributed by atoms with E-state index in [0.717, 1.165) is 0 Å². The molecule has 2 atom stereocenters. The van der Waals surface area contributed by atoms with Crippen molar-refractivity contribution in [3.63, 3.8) is 0 Å². The zero-order valence-electron chi connectivity index (χ0n) is 10.8. The fraction of sp³-hybridized carbons (Fsp3) is 0.385. The van der Waals surface area contributed by atoms with E-state index < -0.39 is 17.9 Å². The Kier molecular flexibility index (Phi) is 5.18. The summed E-state index contributed by atoms with van der Waals surface area (Å²) >= 11 is 5.83. The van der Waals surface area contributed by atoms with E-state index in [0.29, 0.717) is 12.1 Å². The van der Waals surface area contributed by atoms with Crippen molar-refractivity contribution < 1.29 is 14.7 Å². The highest BCUT2D eigenvalue weighted by Crippen LogP contribution is 2.20. The Labute approximate surface area is 116 Å². The zero-order valence-corrected chi connectivity index (χ0v) is 11.6. The fourth-order valence-electron chi connectivity index (χ4n) is 1.58. The average Bonchev–Trinajstić information content (AvgIpc) is 2.37. The third-order valence-electron chi connectivity index (χ3n) is 3.03. The van der Waals surface area contributed by atoms with Crippen molar-refractivity contribution >= 4 is 29.2 Å². The predicted molar refractivity (Wildman–Crippen MR) is 74.2 cm³/mol. The molecule has 1 amide bonds. The summed E-state index contributed by atoms with van der Waals surface area (Å²) in [6.07, 6.45) is 0.653. The molecule has 2 unspecified atom stereocenters. The summed E-state index contributed by atoms with van der Waals surface area (Å²) in [5, 5.41) is 11.9. The maximum absolute atomic E-state index is 12.0. The Morgan fingerprint density at radius 2 is 2.11 bits per heavy atom. The minimum absolute atomic E-state index is 0.161. The van der Waals surface area contributed by atoms with Crippen LogP contribution < -0.4 is 11.1 Å². The number of nitrogen functional groups attached to an aromatic ring is 1. The number of nitrogens with two attached hydrogens (primary N) is 1. The summed E-state index contributed by atoms with van der Waals surface area (Å²) in [6.45, 7) is 3.64. The van der Waals surface area contributed by atoms with Gasteiger partial charge in [-0.1, -0.05) is 31.9 Å². The van der Waals surface area contributed by atoms with Crippen molar-refractivity contribution in [3.05, 3.63) is 28.8 Å². The first-order valence-corrected chi connectivity index (χ1v) is 6.33. The lowest BCUT2D eigenvalue weighted by Crippen LogP contribution is -2.45. The Hall–Kier alpha value is -1.75. The molecule has 0 aliphatic carbocycles. The summed E-state index contributed by atoms with van der Waals surface area (Å²) in [5.41, 5.74) is 6.21. The molecule has 0 aliphatic rings. The fourth-order valence-corrected chi connectivity index (χ4v) is 1.76. The number of hydrogen-bond acceptors (Lipinski definition) is 3. The first-order chi connectivity index (χ1) is 8.86. The van der Waals surface area contributed by atoms with Crippen molar-refractivity contribution in [2.45, 2.75) is 26.3 Å². The molecule has 1 aromatic carbocycles. The molecular weight excluding hydrogens is 268 g/mol.